The highest BCUT2D eigenvalue weighted by molar-refractivity contribution is 7.09. The highest BCUT2D eigenvalue weighted by atomic mass is 32.1. The fourth-order valence-corrected chi connectivity index (χ4v) is 2.05. The smallest absolute Gasteiger partial charge is 0.0898 e. The van der Waals surface area contributed by atoms with Crippen LogP contribution >= 0.6 is 11.3 Å². The summed E-state index contributed by atoms with van der Waals surface area (Å²) in [5, 5.41) is 3.19. The molecule has 0 aliphatic rings. The highest BCUT2D eigenvalue weighted by Crippen LogP contribution is 2.23. The number of hydrazine groups is 1. The lowest BCUT2D eigenvalue weighted by atomic mass is 9.98. The predicted molar refractivity (Wildman–Crippen MR) is 61.0 cm³/mol. The van der Waals surface area contributed by atoms with Gasteiger partial charge in [0.25, 0.3) is 0 Å². The molecule has 1 heterocycles. The molecule has 0 radical (unpaired) electrons. The van der Waals surface area contributed by atoms with E-state index in [9.17, 15) is 0 Å². The van der Waals surface area contributed by atoms with Gasteiger partial charge in [-0.05, 0) is 19.3 Å². The first-order chi connectivity index (χ1) is 6.67. The summed E-state index contributed by atoms with van der Waals surface area (Å²) in [6.07, 6.45) is 2.23. The highest BCUT2D eigenvalue weighted by Gasteiger charge is 2.15. The molecule has 1 aromatic rings. The van der Waals surface area contributed by atoms with Crippen LogP contribution in [0.2, 0.25) is 0 Å². The van der Waals surface area contributed by atoms with Gasteiger partial charge in [0.15, 0.2) is 0 Å². The number of nitrogens with zero attached hydrogens (tertiary/aromatic N) is 1. The van der Waals surface area contributed by atoms with E-state index in [1.54, 1.807) is 11.3 Å². The lowest BCUT2D eigenvalue weighted by molar-refractivity contribution is 0.402. The Labute approximate surface area is 89.7 Å². The third-order valence-electron chi connectivity index (χ3n) is 2.53. The monoisotopic (exact) mass is 213 g/mol. The second-order valence-corrected chi connectivity index (χ2v) is 4.82. The zero-order chi connectivity index (χ0) is 10.6. The molecular formula is C10H19N3S. The summed E-state index contributed by atoms with van der Waals surface area (Å²) >= 11 is 1.68. The number of thiazole rings is 1. The molecule has 80 valence electrons. The van der Waals surface area contributed by atoms with E-state index < -0.39 is 0 Å². The number of nitrogens with one attached hydrogen (secondary N) is 1. The first kappa shape index (κ1) is 11.6. The summed E-state index contributed by atoms with van der Waals surface area (Å²) in [6, 6.07) is 0.204. The molecule has 3 N–H and O–H groups in total. The van der Waals surface area contributed by atoms with E-state index in [1.807, 2.05) is 6.92 Å². The van der Waals surface area contributed by atoms with E-state index in [0.717, 1.165) is 17.1 Å². The van der Waals surface area contributed by atoms with E-state index in [4.69, 9.17) is 5.84 Å². The van der Waals surface area contributed by atoms with Crippen LogP contribution in [0.1, 0.15) is 43.4 Å². The molecule has 0 aromatic carbocycles. The van der Waals surface area contributed by atoms with Crippen LogP contribution < -0.4 is 11.3 Å². The summed E-state index contributed by atoms with van der Waals surface area (Å²) in [7, 11) is 0. The summed E-state index contributed by atoms with van der Waals surface area (Å²) in [6.45, 7) is 6.46. The van der Waals surface area contributed by atoms with Gasteiger partial charge in [-0.25, -0.2) is 4.98 Å². The van der Waals surface area contributed by atoms with Crippen molar-refractivity contribution in [3.05, 3.63) is 16.1 Å². The third-order valence-corrected chi connectivity index (χ3v) is 3.32. The van der Waals surface area contributed by atoms with Gasteiger partial charge in [-0.15, -0.1) is 11.3 Å². The van der Waals surface area contributed by atoms with Crippen LogP contribution in [0.4, 0.5) is 0 Å². The molecule has 14 heavy (non-hydrogen) atoms. The van der Waals surface area contributed by atoms with Crippen LogP contribution in [-0.4, -0.2) is 4.98 Å². The van der Waals surface area contributed by atoms with Crippen LogP contribution in [0, 0.1) is 12.8 Å². The fourth-order valence-electron chi connectivity index (χ4n) is 1.38. The van der Waals surface area contributed by atoms with Gasteiger partial charge in [-0.3, -0.25) is 11.3 Å². The van der Waals surface area contributed by atoms with Crippen molar-refractivity contribution in [2.75, 3.05) is 0 Å². The van der Waals surface area contributed by atoms with Gasteiger partial charge >= 0.3 is 0 Å². The second kappa shape index (κ2) is 5.44. The molecule has 2 atom stereocenters. The molecule has 0 saturated carbocycles. The molecule has 0 aliphatic carbocycles. The van der Waals surface area contributed by atoms with Gasteiger partial charge in [0.2, 0.25) is 0 Å². The predicted octanol–water partition coefficient (Wildman–Crippen LogP) is 2.39. The largest absolute Gasteiger partial charge is 0.271 e. The fraction of sp³-hybridized carbons (Fsp3) is 0.700. The first-order valence-electron chi connectivity index (χ1n) is 5.05. The number of nitrogens with two attached hydrogens (primary N) is 1. The van der Waals surface area contributed by atoms with Crippen LogP contribution in [0.5, 0.6) is 0 Å². The van der Waals surface area contributed by atoms with Gasteiger partial charge in [-0.2, -0.15) is 0 Å². The Kier molecular flexibility index (Phi) is 4.51. The maximum Gasteiger partial charge on any atom is 0.0898 e. The van der Waals surface area contributed by atoms with E-state index >= 15 is 0 Å². The van der Waals surface area contributed by atoms with E-state index in [0.29, 0.717) is 5.92 Å². The molecular weight excluding hydrogens is 194 g/mol. The summed E-state index contributed by atoms with van der Waals surface area (Å²) < 4.78 is 0. The Morgan fingerprint density at radius 2 is 2.36 bits per heavy atom. The molecule has 2 unspecified atom stereocenters. The molecule has 0 fully saturated rings. The van der Waals surface area contributed by atoms with Crippen molar-refractivity contribution in [3.8, 4) is 0 Å². The van der Waals surface area contributed by atoms with Gasteiger partial charge in [-0.1, -0.05) is 20.3 Å². The maximum atomic E-state index is 5.53. The van der Waals surface area contributed by atoms with E-state index in [2.05, 4.69) is 29.6 Å². The van der Waals surface area contributed by atoms with Gasteiger partial charge in [0.1, 0.15) is 0 Å². The minimum atomic E-state index is 0.204. The van der Waals surface area contributed by atoms with Crippen LogP contribution in [0.3, 0.4) is 0 Å². The van der Waals surface area contributed by atoms with Crippen LogP contribution in [0.25, 0.3) is 0 Å². The second-order valence-electron chi connectivity index (χ2n) is 3.76. The Hall–Kier alpha value is -0.450. The minimum absolute atomic E-state index is 0.204. The molecule has 1 rings (SSSR count). The van der Waals surface area contributed by atoms with Crippen molar-refractivity contribution in [3.63, 3.8) is 0 Å². The summed E-state index contributed by atoms with van der Waals surface area (Å²) in [5.41, 5.74) is 3.92. The molecule has 0 aliphatic heterocycles. The van der Waals surface area contributed by atoms with Crippen molar-refractivity contribution in [1.82, 2.24) is 10.4 Å². The normalized spacial score (nSPS) is 15.4. The van der Waals surface area contributed by atoms with E-state index in [1.165, 1.54) is 6.42 Å². The van der Waals surface area contributed by atoms with Crippen molar-refractivity contribution in [2.24, 2.45) is 11.8 Å². The van der Waals surface area contributed by atoms with Gasteiger partial charge in [0, 0.05) is 5.38 Å². The summed E-state index contributed by atoms with van der Waals surface area (Å²) in [4.78, 5) is 4.45. The number of aromatic nitrogens is 1. The van der Waals surface area contributed by atoms with Crippen molar-refractivity contribution < 1.29 is 0 Å². The lowest BCUT2D eigenvalue weighted by Gasteiger charge is -2.17. The number of hydrogen-bond acceptors (Lipinski definition) is 4. The number of hydrogen-bond donors (Lipinski definition) is 2. The van der Waals surface area contributed by atoms with Crippen molar-refractivity contribution in [2.45, 2.75) is 39.7 Å². The van der Waals surface area contributed by atoms with Crippen LogP contribution in [0.15, 0.2) is 5.38 Å². The molecule has 0 bridgehead atoms. The Morgan fingerprint density at radius 3 is 2.79 bits per heavy atom. The quantitative estimate of drug-likeness (QED) is 0.583. The van der Waals surface area contributed by atoms with E-state index in [-0.39, 0.29) is 6.04 Å². The SMILES string of the molecule is CCC(C)CC(NN)c1csc(C)n1. The third kappa shape index (κ3) is 3.04. The first-order valence-corrected chi connectivity index (χ1v) is 5.93. The van der Waals surface area contributed by atoms with Gasteiger partial charge in [0.05, 0.1) is 16.7 Å². The standard InChI is InChI=1S/C10H19N3S/c1-4-7(2)5-9(13-11)10-6-14-8(3)12-10/h6-7,9,13H,4-5,11H2,1-3H3. The molecule has 3 nitrogen and oxygen atoms in total. The number of rotatable bonds is 5. The van der Waals surface area contributed by atoms with Gasteiger partial charge < -0.3 is 0 Å². The molecule has 0 saturated heterocycles. The van der Waals surface area contributed by atoms with Crippen LogP contribution in [-0.2, 0) is 0 Å². The molecule has 0 spiro atoms. The summed E-state index contributed by atoms with van der Waals surface area (Å²) in [5.74, 6) is 6.21. The minimum Gasteiger partial charge on any atom is -0.271 e. The Morgan fingerprint density at radius 1 is 1.64 bits per heavy atom. The number of aryl methyl sites for hydroxylation is 1. The molecule has 0 amide bonds. The topological polar surface area (TPSA) is 50.9 Å². The molecule has 1 aromatic heterocycles. The zero-order valence-corrected chi connectivity index (χ0v) is 9.90. The zero-order valence-electron chi connectivity index (χ0n) is 9.08. The Bertz CT molecular complexity index is 272. The maximum absolute atomic E-state index is 5.53. The van der Waals surface area contributed by atoms with Crippen molar-refractivity contribution in [1.29, 1.82) is 0 Å². The van der Waals surface area contributed by atoms with Crippen molar-refractivity contribution >= 4 is 11.3 Å². The Balaban J connectivity index is 2.62. The lowest BCUT2D eigenvalue weighted by Crippen LogP contribution is -2.29. The average Bonchev–Trinajstić information content (AvgIpc) is 2.60. The average molecular weight is 213 g/mol. The molecule has 4 heteroatoms.